The molecule has 0 aliphatic carbocycles. The average Bonchev–Trinajstić information content (AvgIpc) is 3.31. The standard InChI is InChI=1S/C22H20ClFN5O5.C7H7.Pm/c1-4-27-8-11(2)29-17-15(19(34-10-30)18(29)22(27)33)21(32)28(26-16(17)20(31)25-3)9-12-5-6-14(24)13(23)7-12;1-7-5-3-2-4-6-7;/h5-7,11H,4,8-9H2,1-3H3,(H,25,31);3-6H,1H3;/q2*-1;. The summed E-state index contributed by atoms with van der Waals surface area (Å²) >= 11 is 5.86. The molecule has 3 heterocycles. The van der Waals surface area contributed by atoms with Crippen LogP contribution in [0.1, 0.15) is 52.0 Å². The topological polar surface area (TPSA) is 116 Å². The first-order valence-electron chi connectivity index (χ1n) is 12.7. The van der Waals surface area contributed by atoms with Crippen molar-refractivity contribution in [2.45, 2.75) is 33.4 Å². The fourth-order valence-corrected chi connectivity index (χ4v) is 4.89. The number of halogens is 2. The molecule has 0 fully saturated rings. The van der Waals surface area contributed by atoms with Crippen LogP contribution in [0.25, 0.3) is 10.9 Å². The molecule has 5 rings (SSSR count). The number of benzene rings is 2. The molecule has 219 valence electrons. The summed E-state index contributed by atoms with van der Waals surface area (Å²) in [6, 6.07) is 14.4. The molecule has 2 aromatic carbocycles. The third-order valence-corrected chi connectivity index (χ3v) is 6.93. The normalized spacial score (nSPS) is 13.9. The number of hydrogen-bond acceptors (Lipinski definition) is 6. The van der Waals surface area contributed by atoms with Gasteiger partial charge in [0.1, 0.15) is 5.82 Å². The van der Waals surface area contributed by atoms with Gasteiger partial charge in [0.2, 0.25) is 0 Å². The summed E-state index contributed by atoms with van der Waals surface area (Å²) in [6.07, 6.45) is 0. The third-order valence-electron chi connectivity index (χ3n) is 6.64. The number of aryl methyl sites for hydroxylation is 1. The van der Waals surface area contributed by atoms with Crippen molar-refractivity contribution < 1.29 is 63.9 Å². The molecule has 13 heteroatoms. The number of nitrogens with zero attached hydrogens (tertiary/aromatic N) is 4. The molecule has 0 spiro atoms. The van der Waals surface area contributed by atoms with Crippen LogP contribution in [-0.4, -0.2) is 57.7 Å². The second-order valence-electron chi connectivity index (χ2n) is 9.37. The van der Waals surface area contributed by atoms with Crippen LogP contribution in [-0.2, 0) is 11.3 Å². The molecular weight excluding hydrogens is 698 g/mol. The number of likely N-dealkylation sites (N-methyl/N-ethyl adjacent to an activating group) is 1. The second-order valence-corrected chi connectivity index (χ2v) is 9.77. The minimum absolute atomic E-state index is 0. The van der Waals surface area contributed by atoms with E-state index in [9.17, 15) is 23.6 Å². The van der Waals surface area contributed by atoms with E-state index in [1.165, 1.54) is 35.8 Å². The Bertz CT molecular complexity index is 1690. The summed E-state index contributed by atoms with van der Waals surface area (Å²) in [4.78, 5) is 52.3. The molecule has 0 saturated heterocycles. The summed E-state index contributed by atoms with van der Waals surface area (Å²) in [7, 11) is 1.40. The van der Waals surface area contributed by atoms with Crippen LogP contribution < -0.4 is 15.6 Å². The Morgan fingerprint density at radius 2 is 1.95 bits per heavy atom. The van der Waals surface area contributed by atoms with Crippen molar-refractivity contribution in [3.05, 3.63) is 92.2 Å². The van der Waals surface area contributed by atoms with Gasteiger partial charge in [-0.3, -0.25) is 14.4 Å². The Morgan fingerprint density at radius 3 is 2.50 bits per heavy atom. The van der Waals surface area contributed by atoms with Crippen LogP contribution in [0.3, 0.4) is 0 Å². The minimum Gasteiger partial charge on any atom is -0.607 e. The number of carbonyl (C=O) groups excluding carboxylic acids is 3. The number of rotatable bonds is 6. The number of amides is 2. The van der Waals surface area contributed by atoms with Gasteiger partial charge in [-0.2, -0.15) is 41.0 Å². The van der Waals surface area contributed by atoms with Gasteiger partial charge in [-0.25, -0.2) is 9.07 Å². The van der Waals surface area contributed by atoms with Crippen molar-refractivity contribution >= 4 is 40.8 Å². The van der Waals surface area contributed by atoms with Crippen molar-refractivity contribution in [3.63, 3.8) is 0 Å². The van der Waals surface area contributed by atoms with E-state index in [2.05, 4.69) is 23.4 Å². The molecule has 0 saturated carbocycles. The van der Waals surface area contributed by atoms with Gasteiger partial charge >= 0.3 is 0 Å². The summed E-state index contributed by atoms with van der Waals surface area (Å²) in [5.74, 6) is -1.99. The van der Waals surface area contributed by atoms with Crippen LogP contribution in [0, 0.1) is 59.2 Å². The van der Waals surface area contributed by atoms with Gasteiger partial charge in [0.05, 0.1) is 22.8 Å². The molecular formula is C29H27ClFN5O5Pm-2. The maximum absolute atomic E-state index is 13.6. The number of hydrogen-bond donors (Lipinski definition) is 1. The summed E-state index contributed by atoms with van der Waals surface area (Å²) in [6.45, 7) is 7.52. The molecule has 42 heavy (non-hydrogen) atoms. The molecule has 10 nitrogen and oxygen atoms in total. The van der Waals surface area contributed by atoms with Gasteiger partial charge in [0.15, 0.2) is 12.2 Å². The summed E-state index contributed by atoms with van der Waals surface area (Å²) in [5.41, 5.74) is 0.923. The summed E-state index contributed by atoms with van der Waals surface area (Å²) < 4.78 is 21.1. The van der Waals surface area contributed by atoms with Gasteiger partial charge in [-0.15, -0.1) is 0 Å². The maximum atomic E-state index is 13.6. The molecule has 1 atom stereocenters. The molecule has 1 radical (unpaired) electrons. The van der Waals surface area contributed by atoms with Crippen molar-refractivity contribution in [2.24, 2.45) is 0 Å². The van der Waals surface area contributed by atoms with E-state index >= 15 is 0 Å². The Morgan fingerprint density at radius 1 is 1.26 bits per heavy atom. The van der Waals surface area contributed by atoms with Gasteiger partial charge in [0.25, 0.3) is 17.4 Å². The van der Waals surface area contributed by atoms with E-state index < -0.39 is 23.2 Å². The van der Waals surface area contributed by atoms with Crippen molar-refractivity contribution in [3.8, 4) is 5.75 Å². The van der Waals surface area contributed by atoms with Crippen LogP contribution in [0.2, 0.25) is 5.02 Å². The monoisotopic (exact) mass is 724 g/mol. The molecule has 4 aromatic rings. The number of ether oxygens (including phenoxy) is 1. The van der Waals surface area contributed by atoms with Gasteiger partial charge in [-0.05, 0) is 31.5 Å². The second kappa shape index (κ2) is 14.3. The minimum atomic E-state index is -0.710. The molecule has 1 aliphatic rings. The molecule has 0 bridgehead atoms. The van der Waals surface area contributed by atoms with E-state index in [-0.39, 0.29) is 86.0 Å². The van der Waals surface area contributed by atoms with Crippen molar-refractivity contribution in [1.82, 2.24) is 24.6 Å². The average molecular weight is 725 g/mol. The first-order chi connectivity index (χ1) is 19.6. The van der Waals surface area contributed by atoms with Gasteiger partial charge < -0.3 is 24.3 Å². The van der Waals surface area contributed by atoms with E-state index in [0.717, 1.165) is 10.7 Å². The van der Waals surface area contributed by atoms with Crippen LogP contribution in [0.4, 0.5) is 4.39 Å². The smallest absolute Gasteiger partial charge is 0.273 e. The van der Waals surface area contributed by atoms with E-state index in [0.29, 0.717) is 18.7 Å². The number of aromatic nitrogens is 3. The number of fused-ring (bicyclic) bond motifs is 3. The van der Waals surface area contributed by atoms with Gasteiger partial charge in [0, 0.05) is 77.7 Å². The zero-order valence-corrected chi connectivity index (χ0v) is 26.9. The third kappa shape index (κ3) is 6.57. The van der Waals surface area contributed by atoms with Gasteiger partial charge in [-0.1, -0.05) is 24.6 Å². The molecule has 1 N–H and O–H groups in total. The Balaban J connectivity index is 0.000000531. The van der Waals surface area contributed by atoms with E-state index in [1.54, 1.807) is 11.8 Å². The number of nitrogens with one attached hydrogen (secondary N) is 1. The predicted molar refractivity (Wildman–Crippen MR) is 151 cm³/mol. The van der Waals surface area contributed by atoms with Crippen LogP contribution in [0.5, 0.6) is 5.75 Å². The Hall–Kier alpha value is -3.17. The molecule has 2 aromatic heterocycles. The number of carbonyl (C=O) groups is 2. The largest absolute Gasteiger partial charge is 0.607 e. The first-order valence-corrected chi connectivity index (χ1v) is 13.1. The zero-order valence-electron chi connectivity index (χ0n) is 23.3. The fourth-order valence-electron chi connectivity index (χ4n) is 4.69. The first kappa shape index (κ1) is 33.3. The molecule has 2 amide bonds. The zero-order chi connectivity index (χ0) is 29.8. The summed E-state index contributed by atoms with van der Waals surface area (Å²) in [5, 5.41) is 6.44. The van der Waals surface area contributed by atoms with E-state index in [1.807, 2.05) is 31.2 Å². The van der Waals surface area contributed by atoms with E-state index in [4.69, 9.17) is 16.3 Å². The molecule has 1 aliphatic heterocycles. The van der Waals surface area contributed by atoms with Crippen LogP contribution in [0.15, 0.2) is 47.3 Å². The predicted octanol–water partition coefficient (Wildman–Crippen LogP) is 3.68. The van der Waals surface area contributed by atoms with Crippen molar-refractivity contribution in [2.75, 3.05) is 20.1 Å². The Kier molecular flexibility index (Phi) is 11.4. The fraction of sp³-hybridized carbons (Fsp3) is 0.276. The maximum Gasteiger partial charge on any atom is 0.273 e. The SMILES string of the molecule is CCN1CC(C)n2c(c(O[C-]=O)c3c(=O)n(Cc4ccc(F)c(Cl)c4)nc(C(=O)NC)c32)C1=O.Cc1cc[c-]cc1.[Pm]. The van der Waals surface area contributed by atoms with Crippen LogP contribution >= 0.6 is 11.6 Å². The van der Waals surface area contributed by atoms with Crippen molar-refractivity contribution in [1.29, 1.82) is 0 Å². The Labute approximate surface area is 278 Å². The molecule has 1 unspecified atom stereocenters. The quantitative estimate of drug-likeness (QED) is 0.304.